The molecule has 0 unspecified atom stereocenters. The van der Waals surface area contributed by atoms with Crippen LogP contribution in [0.1, 0.15) is 12.5 Å². The van der Waals surface area contributed by atoms with E-state index in [9.17, 15) is 24.6 Å². The van der Waals surface area contributed by atoms with E-state index in [0.717, 1.165) is 0 Å². The number of rotatable bonds is 8. The van der Waals surface area contributed by atoms with Gasteiger partial charge in [0.2, 0.25) is 11.8 Å². The Hall–Kier alpha value is -2.26. The lowest BCUT2D eigenvalue weighted by molar-refractivity contribution is -0.142. The molecule has 0 radical (unpaired) electrons. The number of benzene rings is 1. The van der Waals surface area contributed by atoms with Crippen LogP contribution in [-0.4, -0.2) is 51.9 Å². The lowest BCUT2D eigenvalue weighted by atomic mass is 10.1. The zero-order valence-corrected chi connectivity index (χ0v) is 14.0. The molecule has 8 nitrogen and oxygen atoms in total. The average molecular weight is 355 g/mol. The van der Waals surface area contributed by atoms with Gasteiger partial charge in [-0.3, -0.25) is 9.59 Å². The molecule has 1 rings (SSSR count). The Morgan fingerprint density at radius 1 is 1.12 bits per heavy atom. The number of carbonyl (C=O) groups excluding carboxylic acids is 2. The highest BCUT2D eigenvalue weighted by molar-refractivity contribution is 7.80. The molecule has 0 spiro atoms. The van der Waals surface area contributed by atoms with Gasteiger partial charge in [-0.1, -0.05) is 12.1 Å². The van der Waals surface area contributed by atoms with Gasteiger partial charge in [0.05, 0.1) is 6.04 Å². The van der Waals surface area contributed by atoms with E-state index in [4.69, 9.17) is 5.73 Å². The molecule has 0 saturated heterocycles. The van der Waals surface area contributed by atoms with Crippen LogP contribution < -0.4 is 16.4 Å². The van der Waals surface area contributed by atoms with E-state index >= 15 is 0 Å². The van der Waals surface area contributed by atoms with Gasteiger partial charge in [0.15, 0.2) is 0 Å². The maximum Gasteiger partial charge on any atom is 0.326 e. The molecule has 9 heteroatoms. The average Bonchev–Trinajstić information content (AvgIpc) is 2.53. The molecule has 3 atom stereocenters. The van der Waals surface area contributed by atoms with Crippen LogP contribution in [0.25, 0.3) is 0 Å². The van der Waals surface area contributed by atoms with Gasteiger partial charge < -0.3 is 26.6 Å². The van der Waals surface area contributed by atoms with E-state index in [1.54, 1.807) is 12.1 Å². The molecule has 1 aromatic carbocycles. The number of aliphatic carboxylic acids is 1. The highest BCUT2D eigenvalue weighted by Gasteiger charge is 2.26. The fraction of sp³-hybridized carbons (Fsp3) is 0.400. The van der Waals surface area contributed by atoms with Crippen molar-refractivity contribution >= 4 is 30.4 Å². The summed E-state index contributed by atoms with van der Waals surface area (Å²) in [6.07, 6.45) is 0.0296. The van der Waals surface area contributed by atoms with Crippen molar-refractivity contribution in [1.82, 2.24) is 10.6 Å². The van der Waals surface area contributed by atoms with E-state index in [-0.39, 0.29) is 17.9 Å². The number of nitrogens with two attached hydrogens (primary N) is 1. The summed E-state index contributed by atoms with van der Waals surface area (Å²) in [5, 5.41) is 23.3. The Balaban J connectivity index is 2.75. The molecule has 2 amide bonds. The number of amides is 2. The first-order valence-electron chi connectivity index (χ1n) is 7.22. The van der Waals surface area contributed by atoms with Gasteiger partial charge in [-0.25, -0.2) is 4.79 Å². The molecule has 0 aliphatic carbocycles. The number of carboxylic acid groups (broad SMARTS) is 1. The summed E-state index contributed by atoms with van der Waals surface area (Å²) < 4.78 is 0. The van der Waals surface area contributed by atoms with Crippen molar-refractivity contribution in [1.29, 1.82) is 0 Å². The monoisotopic (exact) mass is 355 g/mol. The fourth-order valence-corrected chi connectivity index (χ4v) is 2.09. The third-order valence-electron chi connectivity index (χ3n) is 3.22. The number of carbonyl (C=O) groups is 3. The zero-order chi connectivity index (χ0) is 18.3. The van der Waals surface area contributed by atoms with E-state index in [1.165, 1.54) is 19.1 Å². The third kappa shape index (κ3) is 6.09. The Labute approximate surface area is 144 Å². The first-order valence-corrected chi connectivity index (χ1v) is 7.85. The van der Waals surface area contributed by atoms with Crippen molar-refractivity contribution in [3.63, 3.8) is 0 Å². The summed E-state index contributed by atoms with van der Waals surface area (Å²) in [7, 11) is 0. The van der Waals surface area contributed by atoms with Crippen LogP contribution in [0.4, 0.5) is 0 Å². The van der Waals surface area contributed by atoms with Crippen LogP contribution in [-0.2, 0) is 20.8 Å². The topological polar surface area (TPSA) is 142 Å². The van der Waals surface area contributed by atoms with E-state index < -0.39 is 35.9 Å². The van der Waals surface area contributed by atoms with Crippen LogP contribution in [0.5, 0.6) is 5.75 Å². The number of carboxylic acids is 1. The van der Waals surface area contributed by atoms with Gasteiger partial charge in [-0.2, -0.15) is 12.6 Å². The van der Waals surface area contributed by atoms with Crippen molar-refractivity contribution in [3.05, 3.63) is 29.8 Å². The number of nitrogens with one attached hydrogen (secondary N) is 2. The Bertz CT molecular complexity index is 591. The SMILES string of the molecule is C[C@H](N)C(=O)N[C@@H](CS)C(=O)N[C@@H](Cc1ccc(O)cc1)C(=O)O. The normalized spacial score (nSPS) is 14.3. The number of hydrogen-bond donors (Lipinski definition) is 6. The van der Waals surface area contributed by atoms with E-state index in [2.05, 4.69) is 23.3 Å². The molecular formula is C15H21N3O5S. The maximum absolute atomic E-state index is 12.2. The minimum Gasteiger partial charge on any atom is -0.508 e. The van der Waals surface area contributed by atoms with Crippen LogP contribution in [0.2, 0.25) is 0 Å². The molecule has 1 aromatic rings. The van der Waals surface area contributed by atoms with Gasteiger partial charge in [0.25, 0.3) is 0 Å². The quantitative estimate of drug-likeness (QED) is 0.339. The minimum absolute atomic E-state index is 0.00413. The van der Waals surface area contributed by atoms with Crippen LogP contribution in [0, 0.1) is 0 Å². The lowest BCUT2D eigenvalue weighted by Crippen LogP contribution is -2.55. The summed E-state index contributed by atoms with van der Waals surface area (Å²) in [4.78, 5) is 35.1. The van der Waals surface area contributed by atoms with Crippen molar-refractivity contribution in [3.8, 4) is 5.75 Å². The number of thiol groups is 1. The van der Waals surface area contributed by atoms with E-state index in [1.807, 2.05) is 0 Å². The molecule has 0 fully saturated rings. The standard InChI is InChI=1S/C15H21N3O5S/c1-8(16)13(20)18-12(7-24)14(21)17-11(15(22)23)6-9-2-4-10(19)5-3-9/h2-5,8,11-12,19,24H,6-7,16H2,1H3,(H,17,21)(H,18,20)(H,22,23)/t8-,11-,12-/m0/s1. The molecule has 0 bridgehead atoms. The maximum atomic E-state index is 12.2. The molecule has 132 valence electrons. The summed E-state index contributed by atoms with van der Waals surface area (Å²) in [6.45, 7) is 1.47. The molecule has 6 N–H and O–H groups in total. The van der Waals surface area contributed by atoms with Crippen LogP contribution in [0.15, 0.2) is 24.3 Å². The molecular weight excluding hydrogens is 334 g/mol. The molecule has 0 aliphatic rings. The second-order valence-corrected chi connectivity index (χ2v) is 5.67. The molecule has 0 saturated carbocycles. The lowest BCUT2D eigenvalue weighted by Gasteiger charge is -2.21. The number of phenols is 1. The van der Waals surface area contributed by atoms with Crippen molar-refractivity contribution < 1.29 is 24.6 Å². The van der Waals surface area contributed by atoms with E-state index in [0.29, 0.717) is 5.56 Å². The van der Waals surface area contributed by atoms with Gasteiger partial charge in [-0.05, 0) is 24.6 Å². The molecule has 0 aliphatic heterocycles. The summed E-state index contributed by atoms with van der Waals surface area (Å²) in [5.41, 5.74) is 6.05. The number of phenolic OH excluding ortho intramolecular Hbond substituents is 1. The largest absolute Gasteiger partial charge is 0.508 e. The summed E-state index contributed by atoms with van der Waals surface area (Å²) >= 11 is 3.99. The summed E-state index contributed by atoms with van der Waals surface area (Å²) in [6, 6.07) is 3.00. The number of hydrogen-bond acceptors (Lipinski definition) is 6. The minimum atomic E-state index is -1.21. The molecule has 0 aromatic heterocycles. The van der Waals surface area contributed by atoms with Crippen molar-refractivity contribution in [2.75, 3.05) is 5.75 Å². The van der Waals surface area contributed by atoms with Crippen LogP contribution in [0.3, 0.4) is 0 Å². The number of aromatic hydroxyl groups is 1. The predicted molar refractivity (Wildman–Crippen MR) is 90.8 cm³/mol. The fourth-order valence-electron chi connectivity index (χ4n) is 1.84. The Morgan fingerprint density at radius 3 is 2.12 bits per heavy atom. The predicted octanol–water partition coefficient (Wildman–Crippen LogP) is -0.734. The highest BCUT2D eigenvalue weighted by Crippen LogP contribution is 2.11. The molecule has 0 heterocycles. The Morgan fingerprint density at radius 2 is 1.67 bits per heavy atom. The smallest absolute Gasteiger partial charge is 0.326 e. The second-order valence-electron chi connectivity index (χ2n) is 5.30. The van der Waals surface area contributed by atoms with Crippen LogP contribution >= 0.6 is 12.6 Å². The van der Waals surface area contributed by atoms with Gasteiger partial charge in [-0.15, -0.1) is 0 Å². The second kappa shape index (κ2) is 9.14. The molecule has 24 heavy (non-hydrogen) atoms. The van der Waals surface area contributed by atoms with Gasteiger partial charge in [0.1, 0.15) is 17.8 Å². The van der Waals surface area contributed by atoms with Gasteiger partial charge in [0, 0.05) is 12.2 Å². The highest BCUT2D eigenvalue weighted by atomic mass is 32.1. The van der Waals surface area contributed by atoms with Gasteiger partial charge >= 0.3 is 5.97 Å². The first kappa shape index (κ1) is 19.8. The Kier molecular flexibility index (Phi) is 7.53. The zero-order valence-electron chi connectivity index (χ0n) is 13.1. The summed E-state index contributed by atoms with van der Waals surface area (Å²) in [5.74, 6) is -2.35. The first-order chi connectivity index (χ1) is 11.2. The van der Waals surface area contributed by atoms with Crippen molar-refractivity contribution in [2.45, 2.75) is 31.5 Å². The third-order valence-corrected chi connectivity index (χ3v) is 3.59. The van der Waals surface area contributed by atoms with Crippen molar-refractivity contribution in [2.24, 2.45) is 5.73 Å².